The van der Waals surface area contributed by atoms with Crippen LogP contribution in [0.3, 0.4) is 0 Å². The van der Waals surface area contributed by atoms with Crippen molar-refractivity contribution >= 4 is 33.5 Å². The van der Waals surface area contributed by atoms with Crippen molar-refractivity contribution in [2.75, 3.05) is 0 Å². The first kappa shape index (κ1) is 20.5. The van der Waals surface area contributed by atoms with Gasteiger partial charge in [0.2, 0.25) is 5.76 Å². The molecule has 0 spiro atoms. The lowest BCUT2D eigenvalue weighted by Gasteiger charge is -2.09. The Morgan fingerprint density at radius 1 is 1.24 bits per heavy atom. The third-order valence-electron chi connectivity index (χ3n) is 4.14. The lowest BCUT2D eigenvalue weighted by atomic mass is 10.1. The topological polar surface area (TPSA) is 98.7 Å². The number of esters is 1. The highest BCUT2D eigenvalue weighted by Crippen LogP contribution is 2.21. The van der Waals surface area contributed by atoms with Gasteiger partial charge in [-0.1, -0.05) is 12.1 Å². The number of benzene rings is 1. The zero-order valence-corrected chi connectivity index (χ0v) is 17.7. The van der Waals surface area contributed by atoms with Gasteiger partial charge >= 0.3 is 5.97 Å². The second kappa shape index (κ2) is 8.87. The van der Waals surface area contributed by atoms with Gasteiger partial charge in [-0.05, 0) is 61.0 Å². The fourth-order valence-corrected chi connectivity index (χ4v) is 2.89. The molecule has 0 aliphatic carbocycles. The number of rotatable bonds is 6. The molecule has 9 heteroatoms. The largest absolute Gasteiger partial charge is 0.457 e. The van der Waals surface area contributed by atoms with Gasteiger partial charge in [-0.2, -0.15) is 10.2 Å². The molecule has 0 unspecified atom stereocenters. The Kier molecular flexibility index (Phi) is 6.28. The molecule has 0 radical (unpaired) electrons. The molecule has 3 rings (SSSR count). The van der Waals surface area contributed by atoms with Crippen LogP contribution >= 0.6 is 15.9 Å². The van der Waals surface area contributed by atoms with E-state index in [9.17, 15) is 9.59 Å². The number of ether oxygens (including phenoxy) is 1. The molecule has 150 valence electrons. The number of furan rings is 1. The molecule has 0 saturated carbocycles. The molecule has 0 atom stereocenters. The Labute approximate surface area is 175 Å². The minimum Gasteiger partial charge on any atom is -0.457 e. The molecule has 0 aliphatic rings. The Morgan fingerprint density at radius 3 is 2.66 bits per heavy atom. The minimum absolute atomic E-state index is 0.0319. The number of aryl methyl sites for hydroxylation is 1. The van der Waals surface area contributed by atoms with E-state index in [2.05, 4.69) is 31.6 Å². The number of carbonyl (C=O) groups excluding carboxylic acids is 2. The summed E-state index contributed by atoms with van der Waals surface area (Å²) in [5, 5.41) is 8.43. The Bertz CT molecular complexity index is 1070. The Balaban J connectivity index is 1.70. The van der Waals surface area contributed by atoms with Crippen LogP contribution in [-0.2, 0) is 11.3 Å². The molecule has 3 aromatic rings. The molecule has 2 aromatic heterocycles. The average molecular weight is 459 g/mol. The van der Waals surface area contributed by atoms with Gasteiger partial charge < -0.3 is 9.15 Å². The number of amides is 1. The standard InChI is InChI=1S/C20H19BrN4O4/c1-12(22-23-18(26)11-25-14(3)19(21)13(2)24-25)15-7-4-5-8-16(15)29-20(27)17-9-6-10-28-17/h4-10H,11H2,1-3H3,(H,23,26)/b22-12+. The highest BCUT2D eigenvalue weighted by Gasteiger charge is 2.16. The molecule has 0 saturated heterocycles. The number of halogens is 1. The summed E-state index contributed by atoms with van der Waals surface area (Å²) in [6.07, 6.45) is 1.39. The van der Waals surface area contributed by atoms with E-state index in [-0.39, 0.29) is 18.2 Å². The maximum absolute atomic E-state index is 12.2. The number of nitrogens with zero attached hydrogens (tertiary/aromatic N) is 3. The average Bonchev–Trinajstić information content (AvgIpc) is 3.32. The molecule has 1 N–H and O–H groups in total. The van der Waals surface area contributed by atoms with Crippen molar-refractivity contribution in [2.24, 2.45) is 5.10 Å². The Hall–Kier alpha value is -3.20. The van der Waals surface area contributed by atoms with Crippen LogP contribution < -0.4 is 10.2 Å². The van der Waals surface area contributed by atoms with Gasteiger partial charge in [0.1, 0.15) is 12.3 Å². The summed E-state index contributed by atoms with van der Waals surface area (Å²) in [6.45, 7) is 5.47. The first-order valence-electron chi connectivity index (χ1n) is 8.74. The summed E-state index contributed by atoms with van der Waals surface area (Å²) in [4.78, 5) is 24.4. The van der Waals surface area contributed by atoms with Crippen LogP contribution in [0, 0.1) is 13.8 Å². The highest BCUT2D eigenvalue weighted by molar-refractivity contribution is 9.10. The summed E-state index contributed by atoms with van der Waals surface area (Å²) in [7, 11) is 0. The molecule has 1 amide bonds. The van der Waals surface area contributed by atoms with Crippen molar-refractivity contribution in [1.82, 2.24) is 15.2 Å². The first-order valence-corrected chi connectivity index (χ1v) is 9.54. The van der Waals surface area contributed by atoms with Crippen molar-refractivity contribution in [1.29, 1.82) is 0 Å². The Morgan fingerprint density at radius 2 is 2.00 bits per heavy atom. The number of carbonyl (C=O) groups is 2. The van der Waals surface area contributed by atoms with Crippen molar-refractivity contribution in [3.05, 3.63) is 69.8 Å². The van der Waals surface area contributed by atoms with Crippen LogP contribution in [0.4, 0.5) is 0 Å². The van der Waals surface area contributed by atoms with E-state index in [1.807, 2.05) is 13.8 Å². The van der Waals surface area contributed by atoms with Crippen molar-refractivity contribution in [3.63, 3.8) is 0 Å². The lowest BCUT2D eigenvalue weighted by molar-refractivity contribution is -0.121. The normalized spacial score (nSPS) is 11.4. The SMILES string of the molecule is C/C(=N\NC(=O)Cn1nc(C)c(Br)c1C)c1ccccc1OC(=O)c1ccco1. The zero-order chi connectivity index (χ0) is 21.0. The van der Waals surface area contributed by atoms with E-state index < -0.39 is 5.97 Å². The molecular weight excluding hydrogens is 440 g/mol. The van der Waals surface area contributed by atoms with Crippen molar-refractivity contribution in [2.45, 2.75) is 27.3 Å². The van der Waals surface area contributed by atoms with Gasteiger partial charge in [-0.3, -0.25) is 9.48 Å². The maximum Gasteiger partial charge on any atom is 0.379 e. The smallest absolute Gasteiger partial charge is 0.379 e. The second-order valence-electron chi connectivity index (χ2n) is 6.24. The van der Waals surface area contributed by atoms with Gasteiger partial charge in [0.05, 0.1) is 27.8 Å². The number of nitrogens with one attached hydrogen (secondary N) is 1. The molecular formula is C20H19BrN4O4. The fraction of sp³-hybridized carbons (Fsp3) is 0.200. The van der Waals surface area contributed by atoms with Crippen LogP contribution in [0.15, 0.2) is 56.7 Å². The third-order valence-corrected chi connectivity index (χ3v) is 5.28. The van der Waals surface area contributed by atoms with Crippen LogP contribution in [0.2, 0.25) is 0 Å². The van der Waals surface area contributed by atoms with Crippen molar-refractivity contribution < 1.29 is 18.7 Å². The van der Waals surface area contributed by atoms with Crippen molar-refractivity contribution in [3.8, 4) is 5.75 Å². The molecule has 0 aliphatic heterocycles. The predicted octanol–water partition coefficient (Wildman–Crippen LogP) is 3.62. The molecule has 0 bridgehead atoms. The van der Waals surface area contributed by atoms with Gasteiger partial charge in [-0.25, -0.2) is 10.2 Å². The van der Waals surface area contributed by atoms with Crippen LogP contribution in [0.25, 0.3) is 0 Å². The van der Waals surface area contributed by atoms with Crippen LogP contribution in [0.1, 0.15) is 34.4 Å². The summed E-state index contributed by atoms with van der Waals surface area (Å²) in [5.74, 6) is -0.535. The molecule has 0 fully saturated rings. The van der Waals surface area contributed by atoms with Crippen LogP contribution in [0.5, 0.6) is 5.75 Å². The van der Waals surface area contributed by atoms with E-state index in [4.69, 9.17) is 9.15 Å². The summed E-state index contributed by atoms with van der Waals surface area (Å²) in [5.41, 5.74) is 5.22. The quantitative estimate of drug-likeness (QED) is 0.263. The monoisotopic (exact) mass is 458 g/mol. The minimum atomic E-state index is -0.616. The van der Waals surface area contributed by atoms with Crippen LogP contribution in [-0.4, -0.2) is 27.4 Å². The molecule has 8 nitrogen and oxygen atoms in total. The van der Waals surface area contributed by atoms with Gasteiger partial charge in [0, 0.05) is 5.56 Å². The van der Waals surface area contributed by atoms with E-state index in [0.717, 1.165) is 15.9 Å². The van der Waals surface area contributed by atoms with E-state index in [0.29, 0.717) is 17.0 Å². The summed E-state index contributed by atoms with van der Waals surface area (Å²) in [6, 6.07) is 10.0. The highest BCUT2D eigenvalue weighted by atomic mass is 79.9. The van der Waals surface area contributed by atoms with Gasteiger partial charge in [-0.15, -0.1) is 0 Å². The van der Waals surface area contributed by atoms with Gasteiger partial charge in [0.25, 0.3) is 5.91 Å². The molecule has 29 heavy (non-hydrogen) atoms. The number of aromatic nitrogens is 2. The van der Waals surface area contributed by atoms with E-state index in [1.165, 1.54) is 12.3 Å². The second-order valence-corrected chi connectivity index (χ2v) is 7.03. The number of para-hydroxylation sites is 1. The van der Waals surface area contributed by atoms with E-state index in [1.54, 1.807) is 41.9 Å². The predicted molar refractivity (Wildman–Crippen MR) is 110 cm³/mol. The third kappa shape index (κ3) is 4.80. The number of hydrogen-bond acceptors (Lipinski definition) is 6. The fourth-order valence-electron chi connectivity index (χ4n) is 2.61. The van der Waals surface area contributed by atoms with Gasteiger partial charge in [0.15, 0.2) is 0 Å². The zero-order valence-electron chi connectivity index (χ0n) is 16.1. The lowest BCUT2D eigenvalue weighted by Crippen LogP contribution is -2.25. The summed E-state index contributed by atoms with van der Waals surface area (Å²) < 4.78 is 12.9. The number of hydrogen-bond donors (Lipinski definition) is 1. The number of hydrazone groups is 1. The van der Waals surface area contributed by atoms with E-state index >= 15 is 0 Å². The molecule has 1 aromatic carbocycles. The maximum atomic E-state index is 12.2. The molecule has 2 heterocycles. The summed E-state index contributed by atoms with van der Waals surface area (Å²) >= 11 is 3.43. The first-order chi connectivity index (χ1) is 13.9.